The van der Waals surface area contributed by atoms with Crippen molar-refractivity contribution in [1.82, 2.24) is 19.7 Å². The van der Waals surface area contributed by atoms with Crippen LogP contribution in [0.15, 0.2) is 36.9 Å². The van der Waals surface area contributed by atoms with Gasteiger partial charge in [0.15, 0.2) is 0 Å². The van der Waals surface area contributed by atoms with Gasteiger partial charge in [0.05, 0.1) is 24.5 Å². The summed E-state index contributed by atoms with van der Waals surface area (Å²) in [6.45, 7) is 10.6. The van der Waals surface area contributed by atoms with Gasteiger partial charge in [-0.2, -0.15) is 5.10 Å². The van der Waals surface area contributed by atoms with Crippen molar-refractivity contribution in [2.24, 2.45) is 0 Å². The molecule has 1 unspecified atom stereocenters. The second-order valence-corrected chi connectivity index (χ2v) is 5.17. The van der Waals surface area contributed by atoms with Crippen LogP contribution >= 0.6 is 0 Å². The smallest absolute Gasteiger partial charge is 0.0731 e. The lowest BCUT2D eigenvalue weighted by Crippen LogP contribution is -2.27. The van der Waals surface area contributed by atoms with Crippen LogP contribution in [0.25, 0.3) is 0 Å². The number of nitrogens with zero attached hydrogens (tertiary/aromatic N) is 4. The van der Waals surface area contributed by atoms with Gasteiger partial charge in [-0.1, -0.05) is 19.9 Å². The zero-order valence-electron chi connectivity index (χ0n) is 13.2. The summed E-state index contributed by atoms with van der Waals surface area (Å²) >= 11 is 0. The van der Waals surface area contributed by atoms with Gasteiger partial charge in [-0.15, -0.1) is 0 Å². The lowest BCUT2D eigenvalue weighted by atomic mass is 10.1. The molecule has 5 heteroatoms. The van der Waals surface area contributed by atoms with E-state index in [1.807, 2.05) is 23.1 Å². The number of hydrogen-bond donors (Lipinski definition) is 1. The van der Waals surface area contributed by atoms with E-state index >= 15 is 0 Å². The average Bonchev–Trinajstić information content (AvgIpc) is 2.96. The molecule has 21 heavy (non-hydrogen) atoms. The van der Waals surface area contributed by atoms with Crippen LogP contribution in [0, 0.1) is 0 Å². The molecule has 0 aliphatic carbocycles. The summed E-state index contributed by atoms with van der Waals surface area (Å²) in [5.41, 5.74) is 2.22. The largest absolute Gasteiger partial charge is 0.376 e. The third-order valence-electron chi connectivity index (χ3n) is 3.74. The van der Waals surface area contributed by atoms with Crippen LogP contribution in [-0.2, 0) is 6.54 Å². The Morgan fingerprint density at radius 2 is 2.10 bits per heavy atom. The van der Waals surface area contributed by atoms with E-state index in [0.717, 1.165) is 31.9 Å². The quantitative estimate of drug-likeness (QED) is 0.811. The Labute approximate surface area is 127 Å². The van der Waals surface area contributed by atoms with E-state index in [4.69, 9.17) is 0 Å². The molecule has 0 spiro atoms. The van der Waals surface area contributed by atoms with Gasteiger partial charge in [0.1, 0.15) is 0 Å². The van der Waals surface area contributed by atoms with Crippen molar-refractivity contribution in [3.63, 3.8) is 0 Å². The second kappa shape index (κ2) is 7.78. The summed E-state index contributed by atoms with van der Waals surface area (Å²) in [6, 6.07) is 4.26. The van der Waals surface area contributed by atoms with E-state index in [1.54, 1.807) is 6.20 Å². The lowest BCUT2D eigenvalue weighted by molar-refractivity contribution is 0.285. The summed E-state index contributed by atoms with van der Waals surface area (Å²) < 4.78 is 2.00. The summed E-state index contributed by atoms with van der Waals surface area (Å²) in [5, 5.41) is 7.87. The molecular formula is C16H25N5. The highest BCUT2D eigenvalue weighted by Gasteiger charge is 2.07. The molecular weight excluding hydrogens is 262 g/mol. The Morgan fingerprint density at radius 1 is 1.29 bits per heavy atom. The SMILES string of the molecule is CCN(CC)CCn1cc(NC(C)c2cccnc2)cn1. The summed E-state index contributed by atoms with van der Waals surface area (Å²) in [5.74, 6) is 0. The van der Waals surface area contributed by atoms with Crippen molar-refractivity contribution in [2.45, 2.75) is 33.4 Å². The van der Waals surface area contributed by atoms with Crippen molar-refractivity contribution >= 4 is 5.69 Å². The molecule has 2 rings (SSSR count). The molecule has 0 saturated heterocycles. The van der Waals surface area contributed by atoms with E-state index in [2.05, 4.69) is 53.3 Å². The minimum absolute atomic E-state index is 0.221. The number of rotatable bonds is 8. The first-order valence-corrected chi connectivity index (χ1v) is 7.64. The number of aromatic nitrogens is 3. The Morgan fingerprint density at radius 3 is 2.76 bits per heavy atom. The van der Waals surface area contributed by atoms with Crippen molar-refractivity contribution in [3.05, 3.63) is 42.5 Å². The fourth-order valence-electron chi connectivity index (χ4n) is 2.31. The highest BCUT2D eigenvalue weighted by atomic mass is 15.3. The van der Waals surface area contributed by atoms with Crippen LogP contribution in [-0.4, -0.2) is 39.3 Å². The number of pyridine rings is 1. The number of hydrogen-bond acceptors (Lipinski definition) is 4. The molecule has 2 aromatic rings. The Bertz CT molecular complexity index is 518. The van der Waals surface area contributed by atoms with E-state index < -0.39 is 0 Å². The molecule has 0 bridgehead atoms. The van der Waals surface area contributed by atoms with Crippen LogP contribution < -0.4 is 5.32 Å². The molecule has 0 aliphatic heterocycles. The monoisotopic (exact) mass is 287 g/mol. The summed E-state index contributed by atoms with van der Waals surface area (Å²) in [6.07, 6.45) is 7.63. The van der Waals surface area contributed by atoms with Gasteiger partial charge in [-0.25, -0.2) is 0 Å². The van der Waals surface area contributed by atoms with Crippen molar-refractivity contribution in [2.75, 3.05) is 25.0 Å². The first kappa shape index (κ1) is 15.5. The molecule has 114 valence electrons. The highest BCUT2D eigenvalue weighted by Crippen LogP contribution is 2.17. The molecule has 2 aromatic heterocycles. The fourth-order valence-corrected chi connectivity index (χ4v) is 2.31. The molecule has 5 nitrogen and oxygen atoms in total. The average molecular weight is 287 g/mol. The Hall–Kier alpha value is -1.88. The maximum Gasteiger partial charge on any atom is 0.0731 e. The fraction of sp³-hybridized carbons (Fsp3) is 0.500. The standard InChI is InChI=1S/C16H25N5/c1-4-20(5-2)9-10-21-13-16(12-18-21)19-14(3)15-7-6-8-17-11-15/h6-8,11-14,19H,4-5,9-10H2,1-3H3. The Balaban J connectivity index is 1.88. The van der Waals surface area contributed by atoms with Crippen molar-refractivity contribution in [3.8, 4) is 0 Å². The van der Waals surface area contributed by atoms with Crippen LogP contribution in [0.4, 0.5) is 5.69 Å². The molecule has 0 aliphatic rings. The van der Waals surface area contributed by atoms with Crippen molar-refractivity contribution in [1.29, 1.82) is 0 Å². The van der Waals surface area contributed by atoms with Gasteiger partial charge >= 0.3 is 0 Å². The maximum atomic E-state index is 4.42. The van der Waals surface area contributed by atoms with Gasteiger partial charge in [-0.05, 0) is 31.6 Å². The molecule has 0 saturated carbocycles. The van der Waals surface area contributed by atoms with E-state index in [0.29, 0.717) is 0 Å². The lowest BCUT2D eigenvalue weighted by Gasteiger charge is -2.17. The topological polar surface area (TPSA) is 46.0 Å². The first-order chi connectivity index (χ1) is 10.2. The second-order valence-electron chi connectivity index (χ2n) is 5.17. The maximum absolute atomic E-state index is 4.42. The highest BCUT2D eigenvalue weighted by molar-refractivity contribution is 5.41. The normalized spacial score (nSPS) is 12.6. The zero-order chi connectivity index (χ0) is 15.1. The third-order valence-corrected chi connectivity index (χ3v) is 3.74. The zero-order valence-corrected chi connectivity index (χ0v) is 13.2. The van der Waals surface area contributed by atoms with Crippen LogP contribution in [0.1, 0.15) is 32.4 Å². The van der Waals surface area contributed by atoms with Crippen LogP contribution in [0.5, 0.6) is 0 Å². The molecule has 2 heterocycles. The van der Waals surface area contributed by atoms with E-state index in [9.17, 15) is 0 Å². The van der Waals surface area contributed by atoms with E-state index in [-0.39, 0.29) is 6.04 Å². The minimum atomic E-state index is 0.221. The molecule has 0 aromatic carbocycles. The van der Waals surface area contributed by atoms with Crippen molar-refractivity contribution < 1.29 is 0 Å². The number of nitrogens with one attached hydrogen (secondary N) is 1. The van der Waals surface area contributed by atoms with Gasteiger partial charge in [0, 0.05) is 25.1 Å². The van der Waals surface area contributed by atoms with Crippen LogP contribution in [0.3, 0.4) is 0 Å². The predicted molar refractivity (Wildman–Crippen MR) is 86.3 cm³/mol. The first-order valence-electron chi connectivity index (χ1n) is 7.64. The third kappa shape index (κ3) is 4.56. The molecule has 1 atom stereocenters. The van der Waals surface area contributed by atoms with Gasteiger partial charge in [0.2, 0.25) is 0 Å². The van der Waals surface area contributed by atoms with Gasteiger partial charge in [0.25, 0.3) is 0 Å². The number of likely N-dealkylation sites (N-methyl/N-ethyl adjacent to an activating group) is 1. The van der Waals surface area contributed by atoms with Gasteiger partial charge < -0.3 is 10.2 Å². The molecule has 0 fully saturated rings. The Kier molecular flexibility index (Phi) is 5.75. The predicted octanol–water partition coefficient (Wildman–Crippen LogP) is 2.79. The summed E-state index contributed by atoms with van der Waals surface area (Å²) in [4.78, 5) is 6.55. The minimum Gasteiger partial charge on any atom is -0.376 e. The van der Waals surface area contributed by atoms with E-state index in [1.165, 1.54) is 5.56 Å². The number of anilines is 1. The molecule has 1 N–H and O–H groups in total. The summed E-state index contributed by atoms with van der Waals surface area (Å²) in [7, 11) is 0. The molecule has 0 amide bonds. The van der Waals surface area contributed by atoms with Gasteiger partial charge in [-0.3, -0.25) is 9.67 Å². The molecule has 0 radical (unpaired) electrons. The van der Waals surface area contributed by atoms with Crippen LogP contribution in [0.2, 0.25) is 0 Å².